The van der Waals surface area contributed by atoms with Crippen LogP contribution in [0.3, 0.4) is 0 Å². The van der Waals surface area contributed by atoms with Crippen LogP contribution >= 0.6 is 12.6 Å². The SMILES string of the molecule is COc1c(C)cccc1C(=O)N1CCC(S)CC1. The average molecular weight is 265 g/mol. The Hall–Kier alpha value is -1.16. The Morgan fingerprint density at radius 3 is 2.67 bits per heavy atom. The Kier molecular flexibility index (Phi) is 4.17. The van der Waals surface area contributed by atoms with Crippen molar-refractivity contribution in [2.24, 2.45) is 0 Å². The first-order valence-electron chi connectivity index (χ1n) is 6.24. The van der Waals surface area contributed by atoms with Gasteiger partial charge in [0.05, 0.1) is 12.7 Å². The fourth-order valence-electron chi connectivity index (χ4n) is 2.33. The van der Waals surface area contributed by atoms with E-state index in [1.165, 1.54) is 0 Å². The summed E-state index contributed by atoms with van der Waals surface area (Å²) in [5, 5.41) is 0.424. The van der Waals surface area contributed by atoms with Gasteiger partial charge in [-0.2, -0.15) is 12.6 Å². The molecule has 1 aromatic rings. The number of hydrogen-bond donors (Lipinski definition) is 1. The molecular weight excluding hydrogens is 246 g/mol. The van der Waals surface area contributed by atoms with E-state index in [2.05, 4.69) is 12.6 Å². The molecule has 1 aromatic carbocycles. The molecule has 0 saturated carbocycles. The number of hydrogen-bond acceptors (Lipinski definition) is 3. The number of rotatable bonds is 2. The van der Waals surface area contributed by atoms with E-state index in [0.717, 1.165) is 31.5 Å². The van der Waals surface area contributed by atoms with Crippen LogP contribution in [-0.2, 0) is 0 Å². The minimum atomic E-state index is 0.0655. The normalized spacial score (nSPS) is 16.7. The predicted octanol–water partition coefficient (Wildman–Crippen LogP) is 2.54. The molecule has 1 fully saturated rings. The van der Waals surface area contributed by atoms with E-state index in [1.807, 2.05) is 30.0 Å². The molecule has 0 bridgehead atoms. The number of aryl methyl sites for hydroxylation is 1. The fourth-order valence-corrected chi connectivity index (χ4v) is 2.56. The summed E-state index contributed by atoms with van der Waals surface area (Å²) in [7, 11) is 1.61. The van der Waals surface area contributed by atoms with E-state index >= 15 is 0 Å². The van der Waals surface area contributed by atoms with Gasteiger partial charge in [0.15, 0.2) is 0 Å². The summed E-state index contributed by atoms with van der Waals surface area (Å²) in [4.78, 5) is 14.4. The lowest BCUT2D eigenvalue weighted by atomic mass is 10.1. The first kappa shape index (κ1) is 13.3. The average Bonchev–Trinajstić information content (AvgIpc) is 2.38. The van der Waals surface area contributed by atoms with Crippen molar-refractivity contribution in [3.05, 3.63) is 29.3 Å². The van der Waals surface area contributed by atoms with Crippen LogP contribution in [-0.4, -0.2) is 36.3 Å². The molecule has 2 rings (SSSR count). The Morgan fingerprint density at radius 1 is 1.39 bits per heavy atom. The lowest BCUT2D eigenvalue weighted by molar-refractivity contribution is 0.0724. The molecule has 0 aliphatic carbocycles. The van der Waals surface area contributed by atoms with Gasteiger partial charge in [0, 0.05) is 18.3 Å². The van der Waals surface area contributed by atoms with Gasteiger partial charge in [-0.15, -0.1) is 0 Å². The summed E-state index contributed by atoms with van der Waals surface area (Å²) in [6, 6.07) is 5.69. The molecule has 1 aliphatic rings. The first-order chi connectivity index (χ1) is 8.63. The standard InChI is InChI=1S/C14H19NO2S/c1-10-4-3-5-12(13(10)17-2)14(16)15-8-6-11(18)7-9-15/h3-5,11,18H,6-9H2,1-2H3. The largest absolute Gasteiger partial charge is 0.496 e. The zero-order chi connectivity index (χ0) is 13.1. The molecule has 0 unspecified atom stereocenters. The van der Waals surface area contributed by atoms with E-state index in [-0.39, 0.29) is 5.91 Å². The molecule has 0 N–H and O–H groups in total. The Balaban J connectivity index is 2.21. The number of para-hydroxylation sites is 1. The molecule has 1 heterocycles. The Bertz CT molecular complexity index is 439. The van der Waals surface area contributed by atoms with Crippen molar-refractivity contribution < 1.29 is 9.53 Å². The third-order valence-corrected chi connectivity index (χ3v) is 3.91. The van der Waals surface area contributed by atoms with Gasteiger partial charge in [0.2, 0.25) is 0 Å². The van der Waals surface area contributed by atoms with Crippen LogP contribution in [0.2, 0.25) is 0 Å². The second-order valence-electron chi connectivity index (χ2n) is 4.68. The number of methoxy groups -OCH3 is 1. The van der Waals surface area contributed by atoms with Gasteiger partial charge in [-0.05, 0) is 31.4 Å². The molecule has 1 aliphatic heterocycles. The number of carbonyl (C=O) groups excluding carboxylic acids is 1. The Labute approximate surface area is 114 Å². The topological polar surface area (TPSA) is 29.5 Å². The third-order valence-electron chi connectivity index (χ3n) is 3.40. The van der Waals surface area contributed by atoms with Crippen molar-refractivity contribution in [3.63, 3.8) is 0 Å². The van der Waals surface area contributed by atoms with Gasteiger partial charge in [-0.3, -0.25) is 4.79 Å². The van der Waals surface area contributed by atoms with Crippen LogP contribution in [0.5, 0.6) is 5.75 Å². The summed E-state index contributed by atoms with van der Waals surface area (Å²) in [5.74, 6) is 0.756. The van der Waals surface area contributed by atoms with Crippen molar-refractivity contribution in [2.75, 3.05) is 20.2 Å². The zero-order valence-electron chi connectivity index (χ0n) is 10.8. The summed E-state index contributed by atoms with van der Waals surface area (Å²) in [6.07, 6.45) is 1.92. The molecule has 18 heavy (non-hydrogen) atoms. The molecule has 0 aromatic heterocycles. The lowest BCUT2D eigenvalue weighted by Crippen LogP contribution is -2.39. The van der Waals surface area contributed by atoms with Gasteiger partial charge in [0.1, 0.15) is 5.75 Å². The van der Waals surface area contributed by atoms with Crippen LogP contribution in [0, 0.1) is 6.92 Å². The van der Waals surface area contributed by atoms with Gasteiger partial charge < -0.3 is 9.64 Å². The number of carbonyl (C=O) groups is 1. The lowest BCUT2D eigenvalue weighted by Gasteiger charge is -2.30. The predicted molar refractivity (Wildman–Crippen MR) is 75.6 cm³/mol. The summed E-state index contributed by atoms with van der Waals surface area (Å²) in [5.41, 5.74) is 1.66. The second-order valence-corrected chi connectivity index (χ2v) is 5.41. The Morgan fingerprint density at radius 2 is 2.06 bits per heavy atom. The molecule has 3 nitrogen and oxygen atoms in total. The first-order valence-corrected chi connectivity index (χ1v) is 6.76. The van der Waals surface area contributed by atoms with Crippen LogP contribution in [0.1, 0.15) is 28.8 Å². The molecule has 1 saturated heterocycles. The quantitative estimate of drug-likeness (QED) is 0.833. The van der Waals surface area contributed by atoms with Gasteiger partial charge >= 0.3 is 0 Å². The summed E-state index contributed by atoms with van der Waals surface area (Å²) in [6.45, 7) is 3.52. The second kappa shape index (κ2) is 5.65. The number of thiol groups is 1. The van der Waals surface area contributed by atoms with Crippen LogP contribution in [0.25, 0.3) is 0 Å². The highest BCUT2D eigenvalue weighted by atomic mass is 32.1. The highest BCUT2D eigenvalue weighted by Crippen LogP contribution is 2.26. The number of likely N-dealkylation sites (tertiary alicyclic amines) is 1. The monoisotopic (exact) mass is 265 g/mol. The summed E-state index contributed by atoms with van der Waals surface area (Å²) >= 11 is 4.45. The zero-order valence-corrected chi connectivity index (χ0v) is 11.7. The number of nitrogens with zero attached hydrogens (tertiary/aromatic N) is 1. The number of piperidine rings is 1. The van der Waals surface area contributed by atoms with Crippen LogP contribution in [0.4, 0.5) is 0 Å². The maximum absolute atomic E-state index is 12.5. The van der Waals surface area contributed by atoms with Crippen molar-refractivity contribution in [2.45, 2.75) is 25.0 Å². The molecule has 0 radical (unpaired) electrons. The molecular formula is C14H19NO2S. The van der Waals surface area contributed by atoms with Gasteiger partial charge in [-0.25, -0.2) is 0 Å². The maximum Gasteiger partial charge on any atom is 0.257 e. The minimum Gasteiger partial charge on any atom is -0.496 e. The number of ether oxygens (including phenoxy) is 1. The molecule has 1 amide bonds. The van der Waals surface area contributed by atoms with E-state index in [9.17, 15) is 4.79 Å². The van der Waals surface area contributed by atoms with Crippen molar-refractivity contribution in [3.8, 4) is 5.75 Å². The number of benzene rings is 1. The third kappa shape index (κ3) is 2.64. The molecule has 98 valence electrons. The molecule has 0 spiro atoms. The maximum atomic E-state index is 12.5. The van der Waals surface area contributed by atoms with E-state index < -0.39 is 0 Å². The smallest absolute Gasteiger partial charge is 0.257 e. The van der Waals surface area contributed by atoms with Gasteiger partial charge in [-0.1, -0.05) is 12.1 Å². The van der Waals surface area contributed by atoms with Crippen LogP contribution in [0.15, 0.2) is 18.2 Å². The van der Waals surface area contributed by atoms with Gasteiger partial charge in [0.25, 0.3) is 5.91 Å². The summed E-state index contributed by atoms with van der Waals surface area (Å²) < 4.78 is 5.35. The van der Waals surface area contributed by atoms with E-state index in [1.54, 1.807) is 7.11 Å². The highest BCUT2D eigenvalue weighted by Gasteiger charge is 2.24. The van der Waals surface area contributed by atoms with E-state index in [0.29, 0.717) is 16.6 Å². The molecule has 4 heteroatoms. The van der Waals surface area contributed by atoms with Crippen molar-refractivity contribution in [1.29, 1.82) is 0 Å². The fraction of sp³-hybridized carbons (Fsp3) is 0.500. The number of amides is 1. The molecule has 0 atom stereocenters. The van der Waals surface area contributed by atoms with Crippen molar-refractivity contribution in [1.82, 2.24) is 4.90 Å². The van der Waals surface area contributed by atoms with Crippen molar-refractivity contribution >= 4 is 18.5 Å². The van der Waals surface area contributed by atoms with E-state index in [4.69, 9.17) is 4.74 Å². The van der Waals surface area contributed by atoms with Crippen LogP contribution < -0.4 is 4.74 Å². The highest BCUT2D eigenvalue weighted by molar-refractivity contribution is 7.80. The minimum absolute atomic E-state index is 0.0655.